The van der Waals surface area contributed by atoms with E-state index < -0.39 is 0 Å². The van der Waals surface area contributed by atoms with Crippen LogP contribution in [0.3, 0.4) is 0 Å². The van der Waals surface area contributed by atoms with Crippen LogP contribution in [0.2, 0.25) is 0 Å². The Kier molecular flexibility index (Phi) is 4.45. The molecule has 5 heteroatoms. The average Bonchev–Trinajstić information content (AvgIpc) is 2.04. The summed E-state index contributed by atoms with van der Waals surface area (Å²) in [6, 6.07) is 7.33. The van der Waals surface area contributed by atoms with E-state index in [0.29, 0.717) is 5.82 Å². The highest BCUT2D eigenvalue weighted by atomic mass is 35.5. The predicted octanol–water partition coefficient (Wildman–Crippen LogP) is 2.06. The molecular weight excluding hydrogens is 209 g/mol. The topological polar surface area (TPSA) is 51.8 Å². The summed E-state index contributed by atoms with van der Waals surface area (Å²) in [7, 11) is 0. The minimum Gasteiger partial charge on any atom is -0.384 e. The Hall–Kier alpha value is -1.06. The van der Waals surface area contributed by atoms with Crippen molar-refractivity contribution >= 4 is 41.7 Å². The standard InChI is InChI=1S/C8H7N3.2ClH/c9-8-4-3-6-7(11-8)2-1-5-10-6;;/h1-5H,(H2,9,11);2*1H. The van der Waals surface area contributed by atoms with Gasteiger partial charge in [0.2, 0.25) is 0 Å². The molecule has 0 spiro atoms. The number of nitrogens with two attached hydrogens (primary N) is 1. The summed E-state index contributed by atoms with van der Waals surface area (Å²) in [5, 5.41) is 0. The van der Waals surface area contributed by atoms with Gasteiger partial charge in [-0.15, -0.1) is 24.8 Å². The van der Waals surface area contributed by atoms with Gasteiger partial charge in [-0.25, -0.2) is 4.98 Å². The van der Waals surface area contributed by atoms with Gasteiger partial charge >= 0.3 is 0 Å². The summed E-state index contributed by atoms with van der Waals surface area (Å²) in [6.45, 7) is 0. The number of anilines is 1. The van der Waals surface area contributed by atoms with Gasteiger partial charge in [0.25, 0.3) is 0 Å². The molecule has 0 aliphatic heterocycles. The Labute approximate surface area is 88.2 Å². The normalized spacial score (nSPS) is 8.62. The van der Waals surface area contributed by atoms with Crippen LogP contribution in [-0.2, 0) is 0 Å². The Morgan fingerprint density at radius 2 is 1.77 bits per heavy atom. The van der Waals surface area contributed by atoms with Crippen LogP contribution in [0.25, 0.3) is 11.0 Å². The summed E-state index contributed by atoms with van der Waals surface area (Å²) < 4.78 is 0. The van der Waals surface area contributed by atoms with Crippen LogP contribution in [-0.4, -0.2) is 9.97 Å². The average molecular weight is 218 g/mol. The Balaban J connectivity index is 0.000000720. The van der Waals surface area contributed by atoms with Crippen molar-refractivity contribution in [1.29, 1.82) is 0 Å². The molecule has 70 valence electrons. The number of aromatic nitrogens is 2. The fourth-order valence-electron chi connectivity index (χ4n) is 0.973. The molecule has 0 aromatic carbocycles. The smallest absolute Gasteiger partial charge is 0.124 e. The van der Waals surface area contributed by atoms with Crippen LogP contribution >= 0.6 is 24.8 Å². The Morgan fingerprint density at radius 3 is 2.54 bits per heavy atom. The molecule has 0 unspecified atom stereocenters. The van der Waals surface area contributed by atoms with E-state index in [9.17, 15) is 0 Å². The van der Waals surface area contributed by atoms with Crippen molar-refractivity contribution in [1.82, 2.24) is 9.97 Å². The van der Waals surface area contributed by atoms with E-state index in [1.165, 1.54) is 0 Å². The largest absolute Gasteiger partial charge is 0.384 e. The highest BCUT2D eigenvalue weighted by Gasteiger charge is 1.92. The number of nitrogen functional groups attached to an aromatic ring is 1. The maximum absolute atomic E-state index is 5.48. The third-order valence-electron chi connectivity index (χ3n) is 1.48. The van der Waals surface area contributed by atoms with Gasteiger partial charge in [0, 0.05) is 6.20 Å². The molecule has 2 heterocycles. The van der Waals surface area contributed by atoms with E-state index in [-0.39, 0.29) is 24.8 Å². The molecular formula is C8H9Cl2N3. The maximum Gasteiger partial charge on any atom is 0.124 e. The van der Waals surface area contributed by atoms with Gasteiger partial charge in [-0.2, -0.15) is 0 Å². The summed E-state index contributed by atoms with van der Waals surface area (Å²) in [6.07, 6.45) is 1.74. The zero-order valence-corrected chi connectivity index (χ0v) is 8.31. The van der Waals surface area contributed by atoms with E-state index in [0.717, 1.165) is 11.0 Å². The van der Waals surface area contributed by atoms with Gasteiger partial charge < -0.3 is 5.73 Å². The number of hydrogen-bond acceptors (Lipinski definition) is 3. The minimum atomic E-state index is 0. The molecule has 0 aliphatic rings. The molecule has 2 aromatic heterocycles. The van der Waals surface area contributed by atoms with E-state index in [2.05, 4.69) is 9.97 Å². The van der Waals surface area contributed by atoms with Gasteiger partial charge in [0.15, 0.2) is 0 Å². The first-order valence-electron chi connectivity index (χ1n) is 3.33. The lowest BCUT2D eigenvalue weighted by Gasteiger charge is -1.95. The molecule has 2 aromatic rings. The minimum absolute atomic E-state index is 0. The molecule has 0 radical (unpaired) electrons. The van der Waals surface area contributed by atoms with Gasteiger partial charge in [0.1, 0.15) is 5.82 Å². The Bertz CT molecular complexity index is 392. The molecule has 0 bridgehead atoms. The van der Waals surface area contributed by atoms with Crippen LogP contribution in [0.1, 0.15) is 0 Å². The second kappa shape index (κ2) is 4.84. The van der Waals surface area contributed by atoms with E-state index in [4.69, 9.17) is 5.73 Å². The fourth-order valence-corrected chi connectivity index (χ4v) is 0.973. The second-order valence-electron chi connectivity index (χ2n) is 2.28. The summed E-state index contributed by atoms with van der Waals surface area (Å²) in [5.74, 6) is 0.533. The van der Waals surface area contributed by atoms with Crippen LogP contribution in [0.5, 0.6) is 0 Å². The molecule has 0 aliphatic carbocycles. The van der Waals surface area contributed by atoms with Crippen molar-refractivity contribution in [3.8, 4) is 0 Å². The van der Waals surface area contributed by atoms with E-state index in [1.54, 1.807) is 12.3 Å². The van der Waals surface area contributed by atoms with Gasteiger partial charge in [-0.1, -0.05) is 0 Å². The van der Waals surface area contributed by atoms with Crippen molar-refractivity contribution in [3.05, 3.63) is 30.5 Å². The number of halogens is 2. The highest BCUT2D eigenvalue weighted by Crippen LogP contribution is 2.08. The van der Waals surface area contributed by atoms with E-state index >= 15 is 0 Å². The molecule has 0 atom stereocenters. The quantitative estimate of drug-likeness (QED) is 0.736. The highest BCUT2D eigenvalue weighted by molar-refractivity contribution is 5.85. The molecule has 0 fully saturated rings. The summed E-state index contributed by atoms with van der Waals surface area (Å²) in [5.41, 5.74) is 7.20. The predicted molar refractivity (Wildman–Crippen MR) is 58.4 cm³/mol. The number of pyridine rings is 2. The molecule has 13 heavy (non-hydrogen) atoms. The number of fused-ring (bicyclic) bond motifs is 1. The molecule has 3 nitrogen and oxygen atoms in total. The van der Waals surface area contributed by atoms with Crippen molar-refractivity contribution in [3.63, 3.8) is 0 Å². The number of rotatable bonds is 0. The molecule has 0 saturated heterocycles. The third-order valence-corrected chi connectivity index (χ3v) is 1.48. The SMILES string of the molecule is Cl.Cl.Nc1ccc2ncccc2n1. The molecule has 2 N–H and O–H groups in total. The number of nitrogens with zero attached hydrogens (tertiary/aromatic N) is 2. The maximum atomic E-state index is 5.48. The van der Waals surface area contributed by atoms with Gasteiger partial charge in [-0.3, -0.25) is 4.98 Å². The van der Waals surface area contributed by atoms with Crippen molar-refractivity contribution in [2.75, 3.05) is 5.73 Å². The van der Waals surface area contributed by atoms with Crippen molar-refractivity contribution in [2.45, 2.75) is 0 Å². The van der Waals surface area contributed by atoms with Gasteiger partial charge in [0.05, 0.1) is 11.0 Å². The molecule has 0 saturated carbocycles. The molecule has 2 rings (SSSR count). The van der Waals surface area contributed by atoms with Crippen molar-refractivity contribution in [2.24, 2.45) is 0 Å². The first-order valence-corrected chi connectivity index (χ1v) is 3.33. The lowest BCUT2D eigenvalue weighted by atomic mass is 10.3. The van der Waals surface area contributed by atoms with Gasteiger partial charge in [-0.05, 0) is 24.3 Å². The zero-order chi connectivity index (χ0) is 7.68. The van der Waals surface area contributed by atoms with E-state index in [1.807, 2.05) is 18.2 Å². The third kappa shape index (κ3) is 2.44. The lowest BCUT2D eigenvalue weighted by Crippen LogP contribution is -1.89. The van der Waals surface area contributed by atoms with Crippen LogP contribution in [0.15, 0.2) is 30.5 Å². The summed E-state index contributed by atoms with van der Waals surface area (Å²) >= 11 is 0. The first kappa shape index (κ1) is 11.9. The first-order chi connectivity index (χ1) is 5.36. The van der Waals surface area contributed by atoms with Crippen LogP contribution in [0.4, 0.5) is 5.82 Å². The zero-order valence-electron chi connectivity index (χ0n) is 6.68. The second-order valence-corrected chi connectivity index (χ2v) is 2.28. The monoisotopic (exact) mass is 217 g/mol. The summed E-state index contributed by atoms with van der Waals surface area (Å²) in [4.78, 5) is 8.20. The number of hydrogen-bond donors (Lipinski definition) is 1. The fraction of sp³-hybridized carbons (Fsp3) is 0. The van der Waals surface area contributed by atoms with Crippen LogP contribution in [0, 0.1) is 0 Å². The van der Waals surface area contributed by atoms with Crippen molar-refractivity contribution < 1.29 is 0 Å². The Morgan fingerprint density at radius 1 is 1.00 bits per heavy atom. The van der Waals surface area contributed by atoms with Crippen LogP contribution < -0.4 is 5.73 Å². The molecule has 0 amide bonds. The lowest BCUT2D eigenvalue weighted by molar-refractivity contribution is 1.34.